The van der Waals surface area contributed by atoms with Crippen LogP contribution in [0.5, 0.6) is 0 Å². The number of hydrogen-bond acceptors (Lipinski definition) is 5. The van der Waals surface area contributed by atoms with Crippen molar-refractivity contribution in [1.82, 2.24) is 0 Å². The summed E-state index contributed by atoms with van der Waals surface area (Å²) in [7, 11) is 0. The van der Waals surface area contributed by atoms with Crippen LogP contribution >= 0.6 is 0 Å². The minimum Gasteiger partial charge on any atom is -0.453 e. The Bertz CT molecular complexity index is 877. The maximum absolute atomic E-state index is 12.9. The number of furan rings is 1. The van der Waals surface area contributed by atoms with Crippen LogP contribution < -0.4 is 10.2 Å². The van der Waals surface area contributed by atoms with E-state index in [1.807, 2.05) is 19.1 Å². The number of hydrogen-bond donors (Lipinski definition) is 2. The monoisotopic (exact) mass is 412 g/mol. The van der Waals surface area contributed by atoms with Gasteiger partial charge < -0.3 is 24.5 Å². The second-order valence-electron chi connectivity index (χ2n) is 8.99. The minimum atomic E-state index is -0.249. The lowest BCUT2D eigenvalue weighted by molar-refractivity contribution is 0.00145. The number of aryl methyl sites for hydroxylation is 1. The van der Waals surface area contributed by atoms with Crippen molar-refractivity contribution in [2.24, 2.45) is 5.41 Å². The van der Waals surface area contributed by atoms with Crippen molar-refractivity contribution < 1.29 is 19.1 Å². The van der Waals surface area contributed by atoms with Crippen molar-refractivity contribution in [1.29, 1.82) is 0 Å². The molecule has 1 aromatic carbocycles. The van der Waals surface area contributed by atoms with Crippen LogP contribution in [0.15, 0.2) is 34.7 Å². The number of benzene rings is 1. The number of aliphatic hydroxyl groups excluding tert-OH is 1. The van der Waals surface area contributed by atoms with E-state index >= 15 is 0 Å². The van der Waals surface area contributed by atoms with Crippen LogP contribution in [0, 0.1) is 12.3 Å². The summed E-state index contributed by atoms with van der Waals surface area (Å²) in [6, 6.07) is 9.71. The van der Waals surface area contributed by atoms with Gasteiger partial charge in [-0.25, -0.2) is 0 Å². The lowest BCUT2D eigenvalue weighted by Crippen LogP contribution is -2.40. The molecule has 1 aromatic heterocycles. The number of rotatable bonds is 5. The standard InChI is InChI=1S/C24H32N2O4/c1-17-6-7-19(26-12-10-24(2,16-27)11-13-26)18(15-17)25-23(28)22-9-8-21(30-22)20-5-3-4-14-29-20/h6-9,15,20,27H,3-5,10-14,16H2,1-2H3,(H,25,28). The number of carbonyl (C=O) groups excluding carboxylic acids is 1. The van der Waals surface area contributed by atoms with Gasteiger partial charge >= 0.3 is 0 Å². The van der Waals surface area contributed by atoms with E-state index in [1.54, 1.807) is 6.07 Å². The predicted octanol–water partition coefficient (Wildman–Crippen LogP) is 4.68. The third-order valence-corrected chi connectivity index (χ3v) is 6.44. The van der Waals surface area contributed by atoms with Crippen LogP contribution in [-0.4, -0.2) is 37.3 Å². The van der Waals surface area contributed by atoms with Crippen molar-refractivity contribution in [3.63, 3.8) is 0 Å². The van der Waals surface area contributed by atoms with Gasteiger partial charge in [0, 0.05) is 26.3 Å². The van der Waals surface area contributed by atoms with Crippen molar-refractivity contribution in [2.45, 2.75) is 52.1 Å². The fourth-order valence-corrected chi connectivity index (χ4v) is 4.27. The first kappa shape index (κ1) is 20.9. The molecule has 162 valence electrons. The predicted molar refractivity (Wildman–Crippen MR) is 117 cm³/mol. The molecule has 30 heavy (non-hydrogen) atoms. The van der Waals surface area contributed by atoms with E-state index in [9.17, 15) is 9.90 Å². The zero-order valence-corrected chi connectivity index (χ0v) is 17.9. The van der Waals surface area contributed by atoms with E-state index < -0.39 is 0 Å². The lowest BCUT2D eigenvalue weighted by atomic mass is 9.81. The third kappa shape index (κ3) is 4.55. The van der Waals surface area contributed by atoms with Gasteiger partial charge in [0.05, 0.1) is 11.4 Å². The van der Waals surface area contributed by atoms with E-state index in [2.05, 4.69) is 29.3 Å². The molecular formula is C24H32N2O4. The number of ether oxygens (including phenoxy) is 1. The molecule has 2 aliphatic rings. The SMILES string of the molecule is Cc1ccc(N2CCC(C)(CO)CC2)c(NC(=O)c2ccc(C3CCCCO3)o2)c1. The van der Waals surface area contributed by atoms with Crippen LogP contribution in [-0.2, 0) is 4.74 Å². The quantitative estimate of drug-likeness (QED) is 0.746. The average Bonchev–Trinajstić information content (AvgIpc) is 3.26. The molecule has 6 nitrogen and oxygen atoms in total. The first-order valence-electron chi connectivity index (χ1n) is 11.0. The van der Waals surface area contributed by atoms with E-state index in [0.29, 0.717) is 5.76 Å². The Morgan fingerprint density at radius 3 is 2.73 bits per heavy atom. The van der Waals surface area contributed by atoms with Gasteiger partial charge in [0.1, 0.15) is 11.9 Å². The zero-order valence-electron chi connectivity index (χ0n) is 17.9. The molecule has 4 rings (SSSR count). The normalized spacial score (nSPS) is 21.4. The summed E-state index contributed by atoms with van der Waals surface area (Å²) in [6.07, 6.45) is 4.92. The molecule has 0 bridgehead atoms. The Morgan fingerprint density at radius 1 is 1.23 bits per heavy atom. The first-order chi connectivity index (χ1) is 14.5. The summed E-state index contributed by atoms with van der Waals surface area (Å²) in [5.74, 6) is 0.780. The highest BCUT2D eigenvalue weighted by atomic mass is 16.5. The maximum Gasteiger partial charge on any atom is 0.291 e. The van der Waals surface area contributed by atoms with Gasteiger partial charge in [-0.15, -0.1) is 0 Å². The maximum atomic E-state index is 12.9. The van der Waals surface area contributed by atoms with Gasteiger partial charge in [-0.1, -0.05) is 13.0 Å². The Kier molecular flexibility index (Phi) is 6.16. The number of nitrogens with one attached hydrogen (secondary N) is 1. The third-order valence-electron chi connectivity index (χ3n) is 6.44. The van der Waals surface area contributed by atoms with Crippen LogP contribution in [0.3, 0.4) is 0 Å². The molecule has 1 atom stereocenters. The van der Waals surface area contributed by atoms with Gasteiger partial charge in [-0.05, 0) is 74.3 Å². The Hall–Kier alpha value is -2.31. The molecule has 0 saturated carbocycles. The van der Waals surface area contributed by atoms with Crippen LogP contribution in [0.1, 0.15) is 67.0 Å². The Balaban J connectivity index is 1.48. The van der Waals surface area contributed by atoms with Crippen LogP contribution in [0.25, 0.3) is 0 Å². The highest BCUT2D eigenvalue weighted by Gasteiger charge is 2.30. The van der Waals surface area contributed by atoms with E-state index in [0.717, 1.165) is 74.5 Å². The number of carbonyl (C=O) groups is 1. The molecule has 1 unspecified atom stereocenters. The zero-order chi connectivity index (χ0) is 21.1. The molecule has 6 heteroatoms. The lowest BCUT2D eigenvalue weighted by Gasteiger charge is -2.40. The summed E-state index contributed by atoms with van der Waals surface area (Å²) >= 11 is 0. The van der Waals surface area contributed by atoms with Crippen molar-refractivity contribution >= 4 is 17.3 Å². The number of amides is 1. The van der Waals surface area contributed by atoms with Gasteiger partial charge in [0.2, 0.25) is 0 Å². The molecule has 2 saturated heterocycles. The highest BCUT2D eigenvalue weighted by molar-refractivity contribution is 6.04. The largest absolute Gasteiger partial charge is 0.453 e. The smallest absolute Gasteiger partial charge is 0.291 e. The van der Waals surface area contributed by atoms with Crippen LogP contribution in [0.2, 0.25) is 0 Å². The molecule has 2 fully saturated rings. The fraction of sp³-hybridized carbons (Fsp3) is 0.542. The van der Waals surface area contributed by atoms with Gasteiger partial charge in [0.25, 0.3) is 5.91 Å². The number of piperidine rings is 1. The molecule has 0 aliphatic carbocycles. The van der Waals surface area contributed by atoms with Gasteiger partial charge in [-0.2, -0.15) is 0 Å². The molecule has 2 N–H and O–H groups in total. The van der Waals surface area contributed by atoms with E-state index in [-0.39, 0.29) is 24.0 Å². The number of nitrogens with zero attached hydrogens (tertiary/aromatic N) is 1. The van der Waals surface area contributed by atoms with Gasteiger partial charge in [0.15, 0.2) is 5.76 Å². The second-order valence-corrected chi connectivity index (χ2v) is 8.99. The van der Waals surface area contributed by atoms with Gasteiger partial charge in [-0.3, -0.25) is 4.79 Å². The number of anilines is 2. The Labute approximate surface area is 178 Å². The molecule has 0 radical (unpaired) electrons. The molecule has 2 aromatic rings. The molecular weight excluding hydrogens is 380 g/mol. The average molecular weight is 413 g/mol. The topological polar surface area (TPSA) is 74.9 Å². The van der Waals surface area contributed by atoms with E-state index in [1.165, 1.54) is 0 Å². The van der Waals surface area contributed by atoms with Crippen LogP contribution in [0.4, 0.5) is 11.4 Å². The highest BCUT2D eigenvalue weighted by Crippen LogP contribution is 2.36. The van der Waals surface area contributed by atoms with Crippen molar-refractivity contribution in [3.8, 4) is 0 Å². The molecule has 0 spiro atoms. The molecule has 3 heterocycles. The molecule has 2 aliphatic heterocycles. The second kappa shape index (κ2) is 8.82. The summed E-state index contributed by atoms with van der Waals surface area (Å²) in [4.78, 5) is 15.2. The minimum absolute atomic E-state index is 0.0175. The van der Waals surface area contributed by atoms with Crippen molar-refractivity contribution in [2.75, 3.05) is 36.5 Å². The Morgan fingerprint density at radius 2 is 2.03 bits per heavy atom. The fourth-order valence-electron chi connectivity index (χ4n) is 4.27. The molecule has 1 amide bonds. The first-order valence-corrected chi connectivity index (χ1v) is 11.0. The summed E-state index contributed by atoms with van der Waals surface area (Å²) in [6.45, 7) is 6.81. The van der Waals surface area contributed by atoms with Crippen molar-refractivity contribution in [3.05, 3.63) is 47.4 Å². The number of aliphatic hydroxyl groups is 1. The summed E-state index contributed by atoms with van der Waals surface area (Å²) in [5.41, 5.74) is 2.87. The summed E-state index contributed by atoms with van der Waals surface area (Å²) in [5, 5.41) is 12.7. The summed E-state index contributed by atoms with van der Waals surface area (Å²) < 4.78 is 11.6. The van der Waals surface area contributed by atoms with E-state index in [4.69, 9.17) is 9.15 Å².